The minimum Gasteiger partial charge on any atom is -0.464 e. The number of benzene rings is 1. The maximum atomic E-state index is 12.1. The van der Waals surface area contributed by atoms with Gasteiger partial charge in [0, 0.05) is 6.42 Å². The van der Waals surface area contributed by atoms with E-state index in [-0.39, 0.29) is 18.8 Å². The lowest BCUT2D eigenvalue weighted by atomic mass is 10.1. The maximum absolute atomic E-state index is 12.1. The molecule has 0 radical (unpaired) electrons. The second kappa shape index (κ2) is 8.88. The number of amides is 1. The van der Waals surface area contributed by atoms with Crippen LogP contribution in [0.15, 0.2) is 24.3 Å². The van der Waals surface area contributed by atoms with E-state index in [2.05, 4.69) is 5.32 Å². The molecular formula is C17H25NO7S. The average Bonchev–Trinajstić information content (AvgIpc) is 2.43. The molecule has 0 spiro atoms. The highest BCUT2D eigenvalue weighted by atomic mass is 32.2. The Bertz CT molecular complexity index is 738. The molecule has 0 aliphatic carbocycles. The molecule has 0 saturated carbocycles. The van der Waals surface area contributed by atoms with Crippen LogP contribution in [0, 0.1) is 0 Å². The number of rotatable bonds is 7. The van der Waals surface area contributed by atoms with E-state index >= 15 is 0 Å². The minimum atomic E-state index is -3.67. The highest BCUT2D eigenvalue weighted by Gasteiger charge is 2.26. The Morgan fingerprint density at radius 1 is 1.23 bits per heavy atom. The Morgan fingerprint density at radius 2 is 1.88 bits per heavy atom. The summed E-state index contributed by atoms with van der Waals surface area (Å²) in [6.45, 7) is 6.93. The van der Waals surface area contributed by atoms with Gasteiger partial charge in [0.15, 0.2) is 0 Å². The summed E-state index contributed by atoms with van der Waals surface area (Å²) in [6, 6.07) is 5.23. The van der Waals surface area contributed by atoms with Gasteiger partial charge < -0.3 is 19.0 Å². The molecular weight excluding hydrogens is 362 g/mol. The Hall–Kier alpha value is -2.29. The summed E-state index contributed by atoms with van der Waals surface area (Å²) in [7, 11) is -3.67. The van der Waals surface area contributed by atoms with Crippen molar-refractivity contribution in [1.29, 1.82) is 0 Å². The van der Waals surface area contributed by atoms with Gasteiger partial charge >= 0.3 is 22.2 Å². The summed E-state index contributed by atoms with van der Waals surface area (Å²) in [6.07, 6.45) is 0.267. The van der Waals surface area contributed by atoms with E-state index in [1.54, 1.807) is 39.8 Å². The summed E-state index contributed by atoms with van der Waals surface area (Å²) >= 11 is 0. The van der Waals surface area contributed by atoms with Crippen LogP contribution in [0.3, 0.4) is 0 Å². The third-order valence-corrected chi connectivity index (χ3v) is 3.34. The molecule has 1 aromatic carbocycles. The van der Waals surface area contributed by atoms with Crippen LogP contribution in [0.5, 0.6) is 5.75 Å². The van der Waals surface area contributed by atoms with Crippen molar-refractivity contribution in [3.63, 3.8) is 0 Å². The first-order chi connectivity index (χ1) is 11.9. The standard InChI is InChI=1S/C17H25NO7S/c1-6-23-15(19)14(18-16(20)24-17(2,3)4)11-12-8-7-9-13(10-12)25-26(5,21)22/h7-10,14H,6,11H2,1-5H3,(H,18,20)/t14-/m0/s1. The number of hydrogen-bond acceptors (Lipinski definition) is 7. The summed E-state index contributed by atoms with van der Waals surface area (Å²) < 4.78 is 37.4. The Balaban J connectivity index is 2.93. The molecule has 1 amide bonds. The number of nitrogens with one attached hydrogen (secondary N) is 1. The summed E-state index contributed by atoms with van der Waals surface area (Å²) in [4.78, 5) is 24.1. The van der Waals surface area contributed by atoms with Crippen molar-refractivity contribution >= 4 is 22.2 Å². The van der Waals surface area contributed by atoms with Crippen molar-refractivity contribution in [2.45, 2.75) is 45.8 Å². The normalized spacial score (nSPS) is 12.8. The lowest BCUT2D eigenvalue weighted by Crippen LogP contribution is -2.45. The molecule has 0 unspecified atom stereocenters. The van der Waals surface area contributed by atoms with Gasteiger partial charge in [0.2, 0.25) is 0 Å². The van der Waals surface area contributed by atoms with E-state index in [1.807, 2.05) is 0 Å². The number of hydrogen-bond donors (Lipinski definition) is 1. The van der Waals surface area contributed by atoms with E-state index in [0.717, 1.165) is 6.26 Å². The molecule has 0 aliphatic heterocycles. The first kappa shape index (κ1) is 21.8. The highest BCUT2D eigenvalue weighted by Crippen LogP contribution is 2.17. The first-order valence-corrected chi connectivity index (χ1v) is 9.86. The number of carbonyl (C=O) groups is 2. The molecule has 0 bridgehead atoms. The maximum Gasteiger partial charge on any atom is 0.408 e. The zero-order valence-electron chi connectivity index (χ0n) is 15.6. The van der Waals surface area contributed by atoms with E-state index in [0.29, 0.717) is 5.56 Å². The molecule has 9 heteroatoms. The van der Waals surface area contributed by atoms with Crippen LogP contribution in [0.1, 0.15) is 33.3 Å². The molecule has 26 heavy (non-hydrogen) atoms. The van der Waals surface area contributed by atoms with Gasteiger partial charge in [0.25, 0.3) is 0 Å². The van der Waals surface area contributed by atoms with Crippen molar-refractivity contribution in [2.24, 2.45) is 0 Å². The van der Waals surface area contributed by atoms with Crippen molar-refractivity contribution in [3.8, 4) is 5.75 Å². The van der Waals surface area contributed by atoms with Gasteiger partial charge in [0.05, 0.1) is 12.9 Å². The molecule has 0 aromatic heterocycles. The fourth-order valence-electron chi connectivity index (χ4n) is 2.02. The summed E-state index contributed by atoms with van der Waals surface area (Å²) in [5.74, 6) is -0.502. The first-order valence-electron chi connectivity index (χ1n) is 8.04. The number of ether oxygens (including phenoxy) is 2. The third-order valence-electron chi connectivity index (χ3n) is 2.85. The van der Waals surface area contributed by atoms with Crippen molar-refractivity contribution in [1.82, 2.24) is 5.32 Å². The number of alkyl carbamates (subject to hydrolysis) is 1. The van der Waals surface area contributed by atoms with Crippen LogP contribution < -0.4 is 9.50 Å². The van der Waals surface area contributed by atoms with Gasteiger partial charge in [-0.3, -0.25) is 0 Å². The molecule has 0 fully saturated rings. The van der Waals surface area contributed by atoms with E-state index in [9.17, 15) is 18.0 Å². The lowest BCUT2D eigenvalue weighted by Gasteiger charge is -2.23. The third kappa shape index (κ3) is 8.70. The van der Waals surface area contributed by atoms with Crippen LogP contribution in [-0.4, -0.2) is 45.0 Å². The topological polar surface area (TPSA) is 108 Å². The van der Waals surface area contributed by atoms with Crippen LogP contribution in [0.4, 0.5) is 4.79 Å². The molecule has 1 N–H and O–H groups in total. The van der Waals surface area contributed by atoms with Crippen molar-refractivity contribution in [3.05, 3.63) is 29.8 Å². The quantitative estimate of drug-likeness (QED) is 0.563. The number of carbonyl (C=O) groups excluding carboxylic acids is 2. The Labute approximate surface area is 153 Å². The smallest absolute Gasteiger partial charge is 0.408 e. The SMILES string of the molecule is CCOC(=O)[C@H](Cc1cccc(OS(C)(=O)=O)c1)NC(=O)OC(C)(C)C. The van der Waals surface area contributed by atoms with E-state index in [4.69, 9.17) is 13.7 Å². The highest BCUT2D eigenvalue weighted by molar-refractivity contribution is 7.86. The Kier molecular flexibility index (Phi) is 7.43. The number of esters is 1. The fourth-order valence-corrected chi connectivity index (χ4v) is 2.47. The van der Waals surface area contributed by atoms with Gasteiger partial charge in [-0.15, -0.1) is 0 Å². The predicted molar refractivity (Wildman–Crippen MR) is 95.4 cm³/mol. The monoisotopic (exact) mass is 387 g/mol. The van der Waals surface area contributed by atoms with Crippen molar-refractivity contribution < 1.29 is 31.7 Å². The zero-order chi connectivity index (χ0) is 20.0. The van der Waals surface area contributed by atoms with E-state index < -0.39 is 33.8 Å². The second-order valence-electron chi connectivity index (χ2n) is 6.59. The van der Waals surface area contributed by atoms with Crippen LogP contribution in [0.2, 0.25) is 0 Å². The molecule has 1 atom stereocenters. The van der Waals surface area contributed by atoms with Crippen LogP contribution in [0.25, 0.3) is 0 Å². The van der Waals surface area contributed by atoms with Gasteiger partial charge in [-0.1, -0.05) is 12.1 Å². The molecule has 8 nitrogen and oxygen atoms in total. The average molecular weight is 387 g/mol. The molecule has 0 aliphatic rings. The fraction of sp³-hybridized carbons (Fsp3) is 0.529. The summed E-state index contributed by atoms with van der Waals surface area (Å²) in [5, 5.41) is 2.48. The molecule has 1 rings (SSSR count). The zero-order valence-corrected chi connectivity index (χ0v) is 16.4. The minimum absolute atomic E-state index is 0.0824. The van der Waals surface area contributed by atoms with E-state index in [1.165, 1.54) is 12.1 Å². The largest absolute Gasteiger partial charge is 0.464 e. The van der Waals surface area contributed by atoms with Crippen LogP contribution in [-0.2, 0) is 30.8 Å². The molecule has 0 saturated heterocycles. The summed E-state index contributed by atoms with van der Waals surface area (Å²) in [5.41, 5.74) is -0.132. The predicted octanol–water partition coefficient (Wildman–Crippen LogP) is 2.02. The van der Waals surface area contributed by atoms with Gasteiger partial charge in [-0.2, -0.15) is 8.42 Å². The molecule has 0 heterocycles. The molecule has 146 valence electrons. The lowest BCUT2D eigenvalue weighted by molar-refractivity contribution is -0.145. The van der Waals surface area contributed by atoms with Gasteiger partial charge in [0.1, 0.15) is 17.4 Å². The van der Waals surface area contributed by atoms with Crippen LogP contribution >= 0.6 is 0 Å². The van der Waals surface area contributed by atoms with Gasteiger partial charge in [-0.05, 0) is 45.4 Å². The Morgan fingerprint density at radius 3 is 2.42 bits per heavy atom. The van der Waals surface area contributed by atoms with Gasteiger partial charge in [-0.25, -0.2) is 9.59 Å². The van der Waals surface area contributed by atoms with Crippen molar-refractivity contribution in [2.75, 3.05) is 12.9 Å². The molecule has 1 aromatic rings. The second-order valence-corrected chi connectivity index (χ2v) is 8.16.